The molecule has 1 amide bonds. The first kappa shape index (κ1) is 15.8. The van der Waals surface area contributed by atoms with Crippen LogP contribution in [0.15, 0.2) is 18.2 Å². The molecule has 2 rings (SSSR count). The lowest BCUT2D eigenvalue weighted by atomic mass is 9.89. The van der Waals surface area contributed by atoms with Crippen molar-refractivity contribution in [3.8, 4) is 0 Å². The lowest BCUT2D eigenvalue weighted by molar-refractivity contribution is -0.00861. The quantitative estimate of drug-likeness (QED) is 0.811. The number of carbonyl (C=O) groups excluding carboxylic acids is 1. The maximum absolute atomic E-state index is 12.4. The second-order valence-electron chi connectivity index (χ2n) is 5.69. The van der Waals surface area contributed by atoms with Crippen molar-refractivity contribution in [2.45, 2.75) is 52.2 Å². The summed E-state index contributed by atoms with van der Waals surface area (Å²) in [7, 11) is 0. The number of hydrogen-bond donors (Lipinski definition) is 2. The van der Waals surface area contributed by atoms with E-state index in [1.807, 2.05) is 32.0 Å². The molecule has 116 valence electrons. The minimum Gasteiger partial charge on any atom is -0.384 e. The third-order valence-electron chi connectivity index (χ3n) is 3.82. The molecule has 0 bridgehead atoms. The molecule has 0 radical (unpaired) electrons. The van der Waals surface area contributed by atoms with E-state index in [0.29, 0.717) is 6.10 Å². The van der Waals surface area contributed by atoms with Crippen molar-refractivity contribution in [1.82, 2.24) is 5.32 Å². The van der Waals surface area contributed by atoms with Gasteiger partial charge in [-0.3, -0.25) is 4.79 Å². The fourth-order valence-electron chi connectivity index (χ4n) is 2.58. The average Bonchev–Trinajstić information content (AvgIpc) is 2.42. The zero-order valence-corrected chi connectivity index (χ0v) is 13.2. The average molecular weight is 290 g/mol. The van der Waals surface area contributed by atoms with Crippen LogP contribution < -0.4 is 10.6 Å². The number of amides is 1. The van der Waals surface area contributed by atoms with Gasteiger partial charge in [0.15, 0.2) is 0 Å². The van der Waals surface area contributed by atoms with Crippen LogP contribution in [0.2, 0.25) is 0 Å². The van der Waals surface area contributed by atoms with Crippen LogP contribution in [-0.2, 0) is 4.74 Å². The summed E-state index contributed by atoms with van der Waals surface area (Å²) in [5.74, 6) is 0.00792. The second-order valence-corrected chi connectivity index (χ2v) is 5.69. The fraction of sp³-hybridized carbons (Fsp3) is 0.588. The Bertz CT molecular complexity index is 482. The van der Waals surface area contributed by atoms with Gasteiger partial charge in [-0.25, -0.2) is 0 Å². The molecule has 0 aromatic heterocycles. The minimum absolute atomic E-state index is 0.00792. The Kier molecular flexibility index (Phi) is 5.62. The molecule has 1 aromatic carbocycles. The zero-order chi connectivity index (χ0) is 15.2. The molecule has 0 unspecified atom stereocenters. The van der Waals surface area contributed by atoms with Crippen LogP contribution in [0.5, 0.6) is 0 Å². The number of aryl methyl sites for hydroxylation is 1. The van der Waals surface area contributed by atoms with Gasteiger partial charge >= 0.3 is 0 Å². The van der Waals surface area contributed by atoms with Crippen LogP contribution >= 0.6 is 0 Å². The van der Waals surface area contributed by atoms with Gasteiger partial charge in [0.25, 0.3) is 5.91 Å². The molecule has 0 heterocycles. The third kappa shape index (κ3) is 4.21. The van der Waals surface area contributed by atoms with Gasteiger partial charge in [0, 0.05) is 24.9 Å². The van der Waals surface area contributed by atoms with E-state index in [1.165, 1.54) is 0 Å². The Morgan fingerprint density at radius 1 is 1.33 bits per heavy atom. The Morgan fingerprint density at radius 2 is 2.10 bits per heavy atom. The maximum Gasteiger partial charge on any atom is 0.253 e. The highest BCUT2D eigenvalue weighted by molar-refractivity contribution is 6.00. The molecule has 21 heavy (non-hydrogen) atoms. The van der Waals surface area contributed by atoms with Crippen molar-refractivity contribution < 1.29 is 9.53 Å². The van der Waals surface area contributed by atoms with Crippen LogP contribution in [0.25, 0.3) is 0 Å². The molecule has 4 heteroatoms. The van der Waals surface area contributed by atoms with Gasteiger partial charge in [-0.2, -0.15) is 0 Å². The first-order chi connectivity index (χ1) is 10.1. The summed E-state index contributed by atoms with van der Waals surface area (Å²) in [5, 5.41) is 6.44. The van der Waals surface area contributed by atoms with Crippen molar-refractivity contribution in [2.75, 3.05) is 18.5 Å². The van der Waals surface area contributed by atoms with E-state index < -0.39 is 0 Å². The lowest BCUT2D eigenvalue weighted by Crippen LogP contribution is -2.47. The summed E-state index contributed by atoms with van der Waals surface area (Å²) in [5.41, 5.74) is 2.81. The largest absolute Gasteiger partial charge is 0.384 e. The molecule has 1 aliphatic rings. The summed E-state index contributed by atoms with van der Waals surface area (Å²) >= 11 is 0. The van der Waals surface area contributed by atoms with Crippen LogP contribution in [0, 0.1) is 6.92 Å². The second kappa shape index (κ2) is 7.46. The fourth-order valence-corrected chi connectivity index (χ4v) is 2.58. The highest BCUT2D eigenvalue weighted by atomic mass is 16.5. The molecule has 4 nitrogen and oxygen atoms in total. The van der Waals surface area contributed by atoms with Gasteiger partial charge in [-0.1, -0.05) is 13.0 Å². The third-order valence-corrected chi connectivity index (χ3v) is 3.82. The number of benzene rings is 1. The Balaban J connectivity index is 1.95. The summed E-state index contributed by atoms with van der Waals surface area (Å²) in [4.78, 5) is 12.4. The first-order valence-electron chi connectivity index (χ1n) is 7.91. The number of hydrogen-bond acceptors (Lipinski definition) is 3. The molecule has 1 fully saturated rings. The van der Waals surface area contributed by atoms with Gasteiger partial charge in [0.2, 0.25) is 0 Å². The van der Waals surface area contributed by atoms with Gasteiger partial charge in [-0.15, -0.1) is 0 Å². The molecule has 0 saturated heterocycles. The molecular weight excluding hydrogens is 264 g/mol. The standard InChI is InChI=1S/C17H26N2O2/c1-4-8-18-16-9-12(3)6-7-15(16)17(20)19-13-10-14(11-13)21-5-2/h6-7,9,13-14,18H,4-5,8,10-11H2,1-3H3,(H,19,20). The van der Waals surface area contributed by atoms with E-state index in [1.54, 1.807) is 0 Å². The summed E-state index contributed by atoms with van der Waals surface area (Å²) < 4.78 is 5.52. The van der Waals surface area contributed by atoms with Gasteiger partial charge in [0.1, 0.15) is 0 Å². The highest BCUT2D eigenvalue weighted by Crippen LogP contribution is 2.24. The van der Waals surface area contributed by atoms with Crippen LogP contribution in [0.4, 0.5) is 5.69 Å². The van der Waals surface area contributed by atoms with Crippen LogP contribution in [-0.4, -0.2) is 31.2 Å². The number of nitrogens with one attached hydrogen (secondary N) is 2. The first-order valence-corrected chi connectivity index (χ1v) is 7.91. The van der Waals surface area contributed by atoms with E-state index in [-0.39, 0.29) is 11.9 Å². The van der Waals surface area contributed by atoms with Gasteiger partial charge < -0.3 is 15.4 Å². The number of rotatable bonds is 7. The van der Waals surface area contributed by atoms with E-state index in [9.17, 15) is 4.79 Å². The number of anilines is 1. The Labute approximate surface area is 127 Å². The molecule has 2 N–H and O–H groups in total. The molecule has 0 spiro atoms. The Hall–Kier alpha value is -1.55. The SMILES string of the molecule is CCCNc1cc(C)ccc1C(=O)NC1CC(OCC)C1. The van der Waals surface area contributed by atoms with Crippen molar-refractivity contribution in [3.63, 3.8) is 0 Å². The molecular formula is C17H26N2O2. The van der Waals surface area contributed by atoms with Crippen LogP contribution in [0.3, 0.4) is 0 Å². The summed E-state index contributed by atoms with van der Waals surface area (Å²) in [6, 6.07) is 6.17. The number of carbonyl (C=O) groups is 1. The monoisotopic (exact) mass is 290 g/mol. The van der Waals surface area contributed by atoms with E-state index in [2.05, 4.69) is 17.6 Å². The van der Waals surface area contributed by atoms with E-state index in [0.717, 1.165) is 49.2 Å². The van der Waals surface area contributed by atoms with Gasteiger partial charge in [-0.05, 0) is 50.8 Å². The summed E-state index contributed by atoms with van der Waals surface area (Å²) in [6.07, 6.45) is 3.19. The molecule has 0 aliphatic heterocycles. The highest BCUT2D eigenvalue weighted by Gasteiger charge is 2.31. The number of ether oxygens (including phenoxy) is 1. The summed E-state index contributed by atoms with van der Waals surface area (Å²) in [6.45, 7) is 7.78. The normalized spacial score (nSPS) is 20.7. The van der Waals surface area contributed by atoms with Gasteiger partial charge in [0.05, 0.1) is 11.7 Å². The predicted octanol–water partition coefficient (Wildman–Crippen LogP) is 3.11. The van der Waals surface area contributed by atoms with E-state index in [4.69, 9.17) is 4.74 Å². The zero-order valence-electron chi connectivity index (χ0n) is 13.2. The molecule has 1 aliphatic carbocycles. The molecule has 1 saturated carbocycles. The van der Waals surface area contributed by atoms with E-state index >= 15 is 0 Å². The smallest absolute Gasteiger partial charge is 0.253 e. The minimum atomic E-state index is 0.00792. The molecule has 0 atom stereocenters. The Morgan fingerprint density at radius 3 is 2.76 bits per heavy atom. The maximum atomic E-state index is 12.4. The topological polar surface area (TPSA) is 50.4 Å². The lowest BCUT2D eigenvalue weighted by Gasteiger charge is -2.35. The van der Waals surface area contributed by atoms with Crippen molar-refractivity contribution in [3.05, 3.63) is 29.3 Å². The molecule has 1 aromatic rings. The van der Waals surface area contributed by atoms with Crippen molar-refractivity contribution >= 4 is 11.6 Å². The predicted molar refractivity (Wildman–Crippen MR) is 85.9 cm³/mol. The van der Waals surface area contributed by atoms with Crippen LogP contribution in [0.1, 0.15) is 49.0 Å². The van der Waals surface area contributed by atoms with Crippen molar-refractivity contribution in [2.24, 2.45) is 0 Å². The van der Waals surface area contributed by atoms with Crippen molar-refractivity contribution in [1.29, 1.82) is 0 Å².